The number of piperidine rings is 1. The number of urea groups is 1. The molecule has 0 aromatic heterocycles. The van der Waals surface area contributed by atoms with Crippen LogP contribution in [0.25, 0.3) is 0 Å². The van der Waals surface area contributed by atoms with Crippen molar-refractivity contribution in [3.05, 3.63) is 89.5 Å². The van der Waals surface area contributed by atoms with Gasteiger partial charge in [-0.15, -0.1) is 0 Å². The van der Waals surface area contributed by atoms with Crippen molar-refractivity contribution < 1.29 is 19.1 Å². The van der Waals surface area contributed by atoms with E-state index in [2.05, 4.69) is 10.6 Å². The number of hydrogen-bond acceptors (Lipinski definition) is 4. The quantitative estimate of drug-likeness (QED) is 0.444. The third-order valence-electron chi connectivity index (χ3n) is 6.38. The second-order valence-corrected chi connectivity index (χ2v) is 8.79. The summed E-state index contributed by atoms with van der Waals surface area (Å²) in [4.78, 5) is 27.6. The molecule has 0 aliphatic carbocycles. The van der Waals surface area contributed by atoms with Crippen LogP contribution in [-0.4, -0.2) is 43.6 Å². The van der Waals surface area contributed by atoms with Gasteiger partial charge in [-0.25, -0.2) is 4.79 Å². The Hall–Kier alpha value is -4.00. The molecule has 0 spiro atoms. The van der Waals surface area contributed by atoms with Crippen molar-refractivity contribution >= 4 is 17.6 Å². The normalized spacial score (nSPS) is 15.2. The van der Waals surface area contributed by atoms with Crippen LogP contribution in [0.2, 0.25) is 0 Å². The summed E-state index contributed by atoms with van der Waals surface area (Å²) >= 11 is 0. The lowest BCUT2D eigenvalue weighted by molar-refractivity contribution is 0.0950. The van der Waals surface area contributed by atoms with E-state index in [4.69, 9.17) is 9.47 Å². The number of anilines is 1. The number of likely N-dealkylation sites (tertiary alicyclic amines) is 1. The molecule has 1 saturated heterocycles. The summed E-state index contributed by atoms with van der Waals surface area (Å²) in [6.45, 7) is 4.24. The molecule has 36 heavy (non-hydrogen) atoms. The molecular weight excluding hydrogens is 454 g/mol. The number of carbonyl (C=O) groups excluding carboxylic acids is 2. The van der Waals surface area contributed by atoms with E-state index >= 15 is 0 Å². The fraction of sp³-hybridized carbons (Fsp3) is 0.310. The summed E-state index contributed by atoms with van der Waals surface area (Å²) in [5.41, 5.74) is 3.34. The van der Waals surface area contributed by atoms with Crippen molar-refractivity contribution in [3.63, 3.8) is 0 Å². The Morgan fingerprint density at radius 2 is 1.83 bits per heavy atom. The van der Waals surface area contributed by atoms with Gasteiger partial charge in [-0.2, -0.15) is 0 Å². The fourth-order valence-electron chi connectivity index (χ4n) is 4.50. The van der Waals surface area contributed by atoms with E-state index in [1.165, 1.54) is 0 Å². The van der Waals surface area contributed by atoms with Crippen molar-refractivity contribution in [2.45, 2.75) is 32.2 Å². The predicted molar refractivity (Wildman–Crippen MR) is 141 cm³/mol. The highest BCUT2D eigenvalue weighted by Gasteiger charge is 2.25. The zero-order valence-electron chi connectivity index (χ0n) is 20.8. The van der Waals surface area contributed by atoms with Crippen LogP contribution in [0.3, 0.4) is 0 Å². The van der Waals surface area contributed by atoms with Gasteiger partial charge in [0.25, 0.3) is 5.91 Å². The van der Waals surface area contributed by atoms with Gasteiger partial charge < -0.3 is 25.0 Å². The predicted octanol–water partition coefficient (Wildman–Crippen LogP) is 5.44. The highest BCUT2D eigenvalue weighted by atomic mass is 16.5. The number of methoxy groups -OCH3 is 1. The number of amides is 3. The van der Waals surface area contributed by atoms with Crippen LogP contribution >= 0.6 is 0 Å². The van der Waals surface area contributed by atoms with Gasteiger partial charge in [-0.05, 0) is 67.8 Å². The standard InChI is InChI=1S/C29H33N3O4/c1-3-36-26-15-13-25(14-16-26)31-29(34)32-17-7-11-24(20-32)21-9-6-10-22(18-21)28(33)30-19-23-8-4-5-12-27(23)35-2/h4-6,8-10,12-16,18,24H,3,7,11,17,19-20H2,1-2H3,(H,30,33)(H,31,34)/t24-/m1/s1. The lowest BCUT2D eigenvalue weighted by Crippen LogP contribution is -2.41. The highest BCUT2D eigenvalue weighted by Crippen LogP contribution is 2.28. The Kier molecular flexibility index (Phi) is 8.44. The minimum absolute atomic E-state index is 0.116. The van der Waals surface area contributed by atoms with Gasteiger partial charge in [-0.3, -0.25) is 4.79 Å². The van der Waals surface area contributed by atoms with Crippen molar-refractivity contribution in [2.75, 3.05) is 32.1 Å². The molecule has 4 rings (SSSR count). The zero-order valence-corrected chi connectivity index (χ0v) is 20.8. The lowest BCUT2D eigenvalue weighted by Gasteiger charge is -2.33. The first-order chi connectivity index (χ1) is 17.6. The molecule has 1 heterocycles. The third-order valence-corrected chi connectivity index (χ3v) is 6.38. The number of nitrogens with zero attached hydrogens (tertiary/aromatic N) is 1. The lowest BCUT2D eigenvalue weighted by atomic mass is 9.89. The van der Waals surface area contributed by atoms with Gasteiger partial charge in [0.2, 0.25) is 0 Å². The number of rotatable bonds is 8. The van der Waals surface area contributed by atoms with E-state index in [9.17, 15) is 9.59 Å². The van der Waals surface area contributed by atoms with E-state index < -0.39 is 0 Å². The maximum Gasteiger partial charge on any atom is 0.321 e. The van der Waals surface area contributed by atoms with Crippen molar-refractivity contribution in [2.24, 2.45) is 0 Å². The third kappa shape index (κ3) is 6.36. The van der Waals surface area contributed by atoms with Crippen LogP contribution in [0.4, 0.5) is 10.5 Å². The van der Waals surface area contributed by atoms with Gasteiger partial charge in [-0.1, -0.05) is 30.3 Å². The number of carbonyl (C=O) groups is 2. The van der Waals surface area contributed by atoms with Crippen LogP contribution in [0.15, 0.2) is 72.8 Å². The highest BCUT2D eigenvalue weighted by molar-refractivity contribution is 5.94. The van der Waals surface area contributed by atoms with Crippen LogP contribution in [0.1, 0.15) is 47.2 Å². The fourth-order valence-corrected chi connectivity index (χ4v) is 4.50. The van der Waals surface area contributed by atoms with E-state index in [-0.39, 0.29) is 17.9 Å². The minimum Gasteiger partial charge on any atom is -0.496 e. The first-order valence-corrected chi connectivity index (χ1v) is 12.4. The zero-order chi connectivity index (χ0) is 25.3. The topological polar surface area (TPSA) is 79.9 Å². The second-order valence-electron chi connectivity index (χ2n) is 8.79. The Morgan fingerprint density at radius 3 is 2.61 bits per heavy atom. The van der Waals surface area contributed by atoms with E-state index in [0.29, 0.717) is 31.8 Å². The molecule has 1 aliphatic rings. The first kappa shape index (κ1) is 25.1. The maximum absolute atomic E-state index is 12.9. The molecule has 0 saturated carbocycles. The number of hydrogen-bond donors (Lipinski definition) is 2. The molecule has 3 aromatic rings. The molecule has 188 valence electrons. The maximum atomic E-state index is 12.9. The van der Waals surface area contributed by atoms with Gasteiger partial charge in [0, 0.05) is 42.4 Å². The van der Waals surface area contributed by atoms with Crippen LogP contribution in [-0.2, 0) is 6.54 Å². The van der Waals surface area contributed by atoms with Gasteiger partial charge in [0.15, 0.2) is 0 Å². The molecule has 3 amide bonds. The number of nitrogens with one attached hydrogen (secondary N) is 2. The molecule has 2 N–H and O–H groups in total. The average molecular weight is 488 g/mol. The van der Waals surface area contributed by atoms with Gasteiger partial charge >= 0.3 is 6.03 Å². The largest absolute Gasteiger partial charge is 0.496 e. The Balaban J connectivity index is 1.36. The number of benzene rings is 3. The van der Waals surface area contributed by atoms with Crippen LogP contribution in [0.5, 0.6) is 11.5 Å². The van der Waals surface area contributed by atoms with Crippen molar-refractivity contribution in [1.29, 1.82) is 0 Å². The summed E-state index contributed by atoms with van der Waals surface area (Å²) in [6, 6.07) is 22.6. The average Bonchev–Trinajstić information content (AvgIpc) is 2.93. The molecule has 7 heteroatoms. The molecule has 0 bridgehead atoms. The minimum atomic E-state index is -0.135. The SMILES string of the molecule is CCOc1ccc(NC(=O)N2CCC[C@@H](c3cccc(C(=O)NCc4ccccc4OC)c3)C2)cc1. The molecule has 1 atom stereocenters. The molecule has 1 aliphatic heterocycles. The molecule has 3 aromatic carbocycles. The van der Waals surface area contributed by atoms with E-state index in [1.807, 2.05) is 84.6 Å². The van der Waals surface area contributed by atoms with Crippen molar-refractivity contribution in [3.8, 4) is 11.5 Å². The van der Waals surface area contributed by atoms with Gasteiger partial charge in [0.05, 0.1) is 13.7 Å². The Bertz CT molecular complexity index is 1180. The number of ether oxygens (including phenoxy) is 2. The smallest absolute Gasteiger partial charge is 0.321 e. The van der Waals surface area contributed by atoms with Crippen molar-refractivity contribution in [1.82, 2.24) is 10.2 Å². The summed E-state index contributed by atoms with van der Waals surface area (Å²) in [6.07, 6.45) is 1.88. The van der Waals surface area contributed by atoms with Crippen LogP contribution < -0.4 is 20.1 Å². The molecule has 0 unspecified atom stereocenters. The monoisotopic (exact) mass is 487 g/mol. The second kappa shape index (κ2) is 12.1. The Labute approximate surface area is 212 Å². The van der Waals surface area contributed by atoms with Gasteiger partial charge in [0.1, 0.15) is 11.5 Å². The van der Waals surface area contributed by atoms with E-state index in [1.54, 1.807) is 7.11 Å². The summed E-state index contributed by atoms with van der Waals surface area (Å²) in [5.74, 6) is 1.56. The molecular formula is C29H33N3O4. The molecule has 7 nitrogen and oxygen atoms in total. The van der Waals surface area contributed by atoms with E-state index in [0.717, 1.165) is 41.2 Å². The Morgan fingerprint density at radius 1 is 1.03 bits per heavy atom. The summed E-state index contributed by atoms with van der Waals surface area (Å²) in [5, 5.41) is 5.97. The van der Waals surface area contributed by atoms with Crippen LogP contribution in [0, 0.1) is 0 Å². The molecule has 1 fully saturated rings. The molecule has 0 radical (unpaired) electrons. The summed E-state index contributed by atoms with van der Waals surface area (Å²) in [7, 11) is 1.62. The summed E-state index contributed by atoms with van der Waals surface area (Å²) < 4.78 is 10.8. The first-order valence-electron chi connectivity index (χ1n) is 12.4. The number of para-hydroxylation sites is 1.